The number of likely N-dealkylation sites (N-methyl/N-ethyl adjacent to an activating group) is 1. The Bertz CT molecular complexity index is 1020. The number of allylic oxidation sites excluding steroid dienone is 2. The van der Waals surface area contributed by atoms with Gasteiger partial charge in [-0.2, -0.15) is 0 Å². The van der Waals surface area contributed by atoms with Crippen molar-refractivity contribution in [2.24, 2.45) is 0 Å². The van der Waals surface area contributed by atoms with Crippen LogP contribution in [0.15, 0.2) is 53.6 Å². The van der Waals surface area contributed by atoms with Gasteiger partial charge in [0, 0.05) is 23.7 Å². The lowest BCUT2D eigenvalue weighted by Crippen LogP contribution is -2.20. The van der Waals surface area contributed by atoms with Gasteiger partial charge < -0.3 is 15.5 Å². The number of benzene rings is 1. The van der Waals surface area contributed by atoms with Crippen LogP contribution in [0.5, 0.6) is 0 Å². The molecule has 1 aliphatic rings. The molecule has 6 nitrogen and oxygen atoms in total. The van der Waals surface area contributed by atoms with Crippen LogP contribution in [0.2, 0.25) is 0 Å². The molecule has 1 unspecified atom stereocenters. The minimum absolute atomic E-state index is 0.0845. The molecule has 3 rings (SSSR count). The highest BCUT2D eigenvalue weighted by Crippen LogP contribution is 2.31. The van der Waals surface area contributed by atoms with E-state index in [1.165, 1.54) is 18.5 Å². The van der Waals surface area contributed by atoms with E-state index >= 15 is 0 Å². The highest BCUT2D eigenvalue weighted by atomic mass is 35.5. The summed E-state index contributed by atoms with van der Waals surface area (Å²) in [5, 5.41) is 7.07. The van der Waals surface area contributed by atoms with Crippen LogP contribution in [0.25, 0.3) is 10.9 Å². The Balaban J connectivity index is 1.86. The average Bonchev–Trinajstić information content (AvgIpc) is 2.67. The van der Waals surface area contributed by atoms with Crippen LogP contribution < -0.4 is 10.6 Å². The van der Waals surface area contributed by atoms with E-state index in [0.717, 1.165) is 16.5 Å². The number of halogens is 2. The van der Waals surface area contributed by atoms with Gasteiger partial charge in [0.1, 0.15) is 18.0 Å². The number of carbonyl (C=O) groups excluding carboxylic acids is 1. The molecule has 2 aromatic rings. The lowest BCUT2D eigenvalue weighted by Gasteiger charge is -2.20. The van der Waals surface area contributed by atoms with Gasteiger partial charge in [-0.05, 0) is 57.3 Å². The molecule has 1 aromatic heterocycles. The summed E-state index contributed by atoms with van der Waals surface area (Å²) in [5.41, 5.74) is 2.26. The number of rotatable bonds is 6. The number of hydrogen-bond acceptors (Lipinski definition) is 5. The number of amides is 1. The highest BCUT2D eigenvalue weighted by molar-refractivity contribution is 6.31. The third-order valence-corrected chi connectivity index (χ3v) is 4.82. The molecule has 2 N–H and O–H groups in total. The molecule has 0 saturated carbocycles. The van der Waals surface area contributed by atoms with Crippen molar-refractivity contribution < 1.29 is 9.18 Å². The summed E-state index contributed by atoms with van der Waals surface area (Å²) in [6.45, 7) is 2.58. The van der Waals surface area contributed by atoms with E-state index in [4.69, 9.17) is 11.6 Å². The first-order valence-electron chi connectivity index (χ1n) is 9.21. The van der Waals surface area contributed by atoms with E-state index in [1.807, 2.05) is 38.1 Å². The Morgan fingerprint density at radius 3 is 2.90 bits per heavy atom. The summed E-state index contributed by atoms with van der Waals surface area (Å²) in [5.74, 6) is -0.0165. The summed E-state index contributed by atoms with van der Waals surface area (Å²) >= 11 is 5.91. The standard InChI is InChI=1S/C21H23ClFN5O/c1-13-17(27-19(29)5-4-10-28(2)3)8-9-18-20(13)21(25-12-24-18)26-14-6-7-16(23)15(22)11-14/h4-5,7-9,11-12,14H,6,10H2,1-3H3,(H,27,29)(H,24,25,26)/b5-4+. The third kappa shape index (κ3) is 5.19. The number of nitrogens with one attached hydrogen (secondary N) is 2. The Labute approximate surface area is 174 Å². The minimum Gasteiger partial charge on any atom is -0.363 e. The number of nitrogens with zero attached hydrogens (tertiary/aromatic N) is 3. The van der Waals surface area contributed by atoms with Crippen LogP contribution >= 0.6 is 11.6 Å². The summed E-state index contributed by atoms with van der Waals surface area (Å²) in [6, 6.07) is 3.46. The van der Waals surface area contributed by atoms with Gasteiger partial charge in [-0.25, -0.2) is 14.4 Å². The van der Waals surface area contributed by atoms with Crippen LogP contribution in [0.1, 0.15) is 12.0 Å². The summed E-state index contributed by atoms with van der Waals surface area (Å²) in [7, 11) is 3.87. The molecule has 0 bridgehead atoms. The first kappa shape index (κ1) is 21.0. The third-order valence-electron chi connectivity index (χ3n) is 4.51. The molecule has 1 amide bonds. The zero-order valence-electron chi connectivity index (χ0n) is 16.5. The average molecular weight is 416 g/mol. The Kier molecular flexibility index (Phi) is 6.61. The van der Waals surface area contributed by atoms with Crippen molar-refractivity contribution >= 4 is 39.9 Å². The normalized spacial score (nSPS) is 16.8. The van der Waals surface area contributed by atoms with E-state index in [0.29, 0.717) is 24.5 Å². The van der Waals surface area contributed by atoms with Gasteiger partial charge in [0.2, 0.25) is 5.91 Å². The predicted octanol–water partition coefficient (Wildman–Crippen LogP) is 4.15. The molecule has 0 saturated heterocycles. The van der Waals surface area contributed by atoms with Crippen LogP contribution in [0, 0.1) is 6.92 Å². The van der Waals surface area contributed by atoms with Crippen molar-refractivity contribution in [2.45, 2.75) is 19.4 Å². The van der Waals surface area contributed by atoms with Crippen molar-refractivity contribution in [2.75, 3.05) is 31.3 Å². The molecular weight excluding hydrogens is 393 g/mol. The fourth-order valence-electron chi connectivity index (χ4n) is 3.04. The highest BCUT2D eigenvalue weighted by Gasteiger charge is 2.17. The quantitative estimate of drug-likeness (QED) is 0.693. The van der Waals surface area contributed by atoms with Crippen molar-refractivity contribution in [3.05, 3.63) is 59.2 Å². The lowest BCUT2D eigenvalue weighted by atomic mass is 10.1. The van der Waals surface area contributed by atoms with Gasteiger partial charge in [0.25, 0.3) is 0 Å². The van der Waals surface area contributed by atoms with E-state index in [1.54, 1.807) is 12.2 Å². The smallest absolute Gasteiger partial charge is 0.248 e. The van der Waals surface area contributed by atoms with Gasteiger partial charge >= 0.3 is 0 Å². The Hall–Kier alpha value is -2.77. The number of aryl methyl sites for hydroxylation is 1. The molecule has 0 aliphatic heterocycles. The van der Waals surface area contributed by atoms with Gasteiger partial charge in [0.05, 0.1) is 16.6 Å². The zero-order valence-corrected chi connectivity index (χ0v) is 17.3. The summed E-state index contributed by atoms with van der Waals surface area (Å²) < 4.78 is 13.5. The van der Waals surface area contributed by atoms with Gasteiger partial charge in [-0.15, -0.1) is 0 Å². The second-order valence-electron chi connectivity index (χ2n) is 7.06. The molecule has 152 valence electrons. The molecule has 0 fully saturated rings. The molecule has 1 aromatic carbocycles. The van der Waals surface area contributed by atoms with Crippen molar-refractivity contribution in [1.82, 2.24) is 14.9 Å². The van der Waals surface area contributed by atoms with E-state index < -0.39 is 5.83 Å². The monoisotopic (exact) mass is 415 g/mol. The van der Waals surface area contributed by atoms with Crippen LogP contribution in [0.3, 0.4) is 0 Å². The number of aromatic nitrogens is 2. The molecule has 8 heteroatoms. The summed E-state index contributed by atoms with van der Waals surface area (Å²) in [4.78, 5) is 22.9. The molecular formula is C21H23ClFN5O. The molecule has 0 spiro atoms. The topological polar surface area (TPSA) is 70.2 Å². The van der Waals surface area contributed by atoms with Crippen LogP contribution in [-0.4, -0.2) is 47.5 Å². The number of fused-ring (bicyclic) bond motifs is 1. The van der Waals surface area contributed by atoms with Crippen molar-refractivity contribution in [1.29, 1.82) is 0 Å². The van der Waals surface area contributed by atoms with E-state index in [9.17, 15) is 9.18 Å². The summed E-state index contributed by atoms with van der Waals surface area (Å²) in [6.07, 6.45) is 8.31. The minimum atomic E-state index is -0.416. The van der Waals surface area contributed by atoms with E-state index in [2.05, 4.69) is 20.6 Å². The van der Waals surface area contributed by atoms with Gasteiger partial charge in [-0.3, -0.25) is 4.79 Å². The SMILES string of the molecule is Cc1c(NC(=O)/C=C/CN(C)C)ccc2ncnc(NC3C=C(Cl)C(F)=CC3)c12. The van der Waals surface area contributed by atoms with Crippen LogP contribution in [0.4, 0.5) is 15.9 Å². The predicted molar refractivity (Wildman–Crippen MR) is 116 cm³/mol. The molecule has 1 heterocycles. The van der Waals surface area contributed by atoms with Gasteiger partial charge in [-0.1, -0.05) is 17.7 Å². The lowest BCUT2D eigenvalue weighted by molar-refractivity contribution is -0.111. The Morgan fingerprint density at radius 1 is 1.38 bits per heavy atom. The number of hydrogen-bond donors (Lipinski definition) is 2. The molecule has 0 radical (unpaired) electrons. The first-order valence-corrected chi connectivity index (χ1v) is 9.59. The fourth-order valence-corrected chi connectivity index (χ4v) is 3.26. The zero-order chi connectivity index (χ0) is 21.0. The first-order chi connectivity index (χ1) is 13.8. The van der Waals surface area contributed by atoms with Crippen molar-refractivity contribution in [3.8, 4) is 0 Å². The Morgan fingerprint density at radius 2 is 2.17 bits per heavy atom. The molecule has 29 heavy (non-hydrogen) atoms. The number of carbonyl (C=O) groups is 1. The maximum atomic E-state index is 13.5. The largest absolute Gasteiger partial charge is 0.363 e. The molecule has 1 aliphatic carbocycles. The number of anilines is 2. The molecule has 1 atom stereocenters. The fraction of sp³-hybridized carbons (Fsp3) is 0.286. The van der Waals surface area contributed by atoms with Gasteiger partial charge in [0.15, 0.2) is 0 Å². The second kappa shape index (κ2) is 9.15. The van der Waals surface area contributed by atoms with Crippen LogP contribution in [-0.2, 0) is 4.79 Å². The maximum Gasteiger partial charge on any atom is 0.248 e. The second-order valence-corrected chi connectivity index (χ2v) is 7.47. The van der Waals surface area contributed by atoms with E-state index in [-0.39, 0.29) is 17.0 Å². The van der Waals surface area contributed by atoms with Crippen molar-refractivity contribution in [3.63, 3.8) is 0 Å². The maximum absolute atomic E-state index is 13.5.